The summed E-state index contributed by atoms with van der Waals surface area (Å²) in [4.78, 5) is 11.5. The molecule has 4 nitrogen and oxygen atoms in total. The van der Waals surface area contributed by atoms with Gasteiger partial charge in [0.25, 0.3) is 0 Å². The van der Waals surface area contributed by atoms with Crippen LogP contribution in [0.1, 0.15) is 48.6 Å². The first-order chi connectivity index (χ1) is 8.04. The van der Waals surface area contributed by atoms with Crippen molar-refractivity contribution in [3.05, 3.63) is 35.2 Å². The van der Waals surface area contributed by atoms with E-state index in [1.54, 1.807) is 23.6 Å². The highest BCUT2D eigenvalue weighted by Gasteiger charge is 2.14. The Balaban J connectivity index is 2.78. The Bertz CT molecular complexity index is 570. The Morgan fingerprint density at radius 2 is 2.24 bits per heavy atom. The summed E-state index contributed by atoms with van der Waals surface area (Å²) in [5, 5.41) is 14.1. The molecule has 1 unspecified atom stereocenters. The minimum Gasteiger partial charge on any atom is -0.387 e. The van der Waals surface area contributed by atoms with Gasteiger partial charge in [-0.25, -0.2) is 4.52 Å². The van der Waals surface area contributed by atoms with Gasteiger partial charge in [-0.3, -0.25) is 4.79 Å². The van der Waals surface area contributed by atoms with Crippen LogP contribution < -0.4 is 0 Å². The van der Waals surface area contributed by atoms with Gasteiger partial charge in [0.15, 0.2) is 5.78 Å². The second-order valence-electron chi connectivity index (χ2n) is 4.19. The predicted octanol–water partition coefficient (Wildman–Crippen LogP) is 2.15. The number of rotatable bonds is 3. The first kappa shape index (κ1) is 11.8. The first-order valence-corrected chi connectivity index (χ1v) is 5.75. The lowest BCUT2D eigenvalue weighted by molar-refractivity contribution is 0.101. The highest BCUT2D eigenvalue weighted by molar-refractivity contribution is 6.00. The van der Waals surface area contributed by atoms with Crippen LogP contribution in [0.2, 0.25) is 0 Å². The van der Waals surface area contributed by atoms with Gasteiger partial charge in [-0.15, -0.1) is 0 Å². The van der Waals surface area contributed by atoms with Crippen LogP contribution in [0, 0.1) is 0 Å². The highest BCUT2D eigenvalue weighted by Crippen LogP contribution is 2.20. The fraction of sp³-hybridized carbons (Fsp3) is 0.385. The van der Waals surface area contributed by atoms with Crippen molar-refractivity contribution in [3.63, 3.8) is 0 Å². The lowest BCUT2D eigenvalue weighted by Crippen LogP contribution is -2.06. The van der Waals surface area contributed by atoms with E-state index >= 15 is 0 Å². The Labute approximate surface area is 99.9 Å². The maximum atomic E-state index is 11.5. The molecule has 17 heavy (non-hydrogen) atoms. The summed E-state index contributed by atoms with van der Waals surface area (Å²) in [7, 11) is 0. The Kier molecular flexibility index (Phi) is 2.98. The van der Waals surface area contributed by atoms with Crippen molar-refractivity contribution >= 4 is 11.3 Å². The molecule has 2 rings (SSSR count). The van der Waals surface area contributed by atoms with E-state index in [1.807, 2.05) is 13.0 Å². The van der Waals surface area contributed by atoms with Crippen LogP contribution >= 0.6 is 0 Å². The summed E-state index contributed by atoms with van der Waals surface area (Å²) in [5.41, 5.74) is 3.03. The van der Waals surface area contributed by atoms with Gasteiger partial charge in [-0.2, -0.15) is 5.10 Å². The number of hydrogen-bond donors (Lipinski definition) is 1. The molecule has 2 aromatic heterocycles. The minimum atomic E-state index is -0.608. The molecule has 0 bridgehead atoms. The normalized spacial score (nSPS) is 12.9. The lowest BCUT2D eigenvalue weighted by atomic mass is 10.1. The number of carbonyl (C=O) groups is 1. The number of aromatic nitrogens is 2. The van der Waals surface area contributed by atoms with Crippen molar-refractivity contribution < 1.29 is 9.90 Å². The zero-order chi connectivity index (χ0) is 12.6. The van der Waals surface area contributed by atoms with E-state index < -0.39 is 6.10 Å². The monoisotopic (exact) mass is 232 g/mol. The third kappa shape index (κ3) is 1.96. The second kappa shape index (κ2) is 4.30. The first-order valence-electron chi connectivity index (χ1n) is 5.75. The molecule has 0 amide bonds. The molecule has 0 aliphatic heterocycles. The van der Waals surface area contributed by atoms with Crippen LogP contribution in [0.15, 0.2) is 18.2 Å². The number of hydrogen-bond acceptors (Lipinski definition) is 3. The number of ketones is 1. The predicted molar refractivity (Wildman–Crippen MR) is 65.2 cm³/mol. The van der Waals surface area contributed by atoms with E-state index in [0.717, 1.165) is 17.6 Å². The van der Waals surface area contributed by atoms with Crippen molar-refractivity contribution in [3.8, 4) is 0 Å². The minimum absolute atomic E-state index is 0.00898. The van der Waals surface area contributed by atoms with Crippen LogP contribution in [-0.4, -0.2) is 20.5 Å². The Morgan fingerprint density at radius 3 is 2.76 bits per heavy atom. The topological polar surface area (TPSA) is 54.6 Å². The second-order valence-corrected chi connectivity index (χ2v) is 4.19. The number of fused-ring (bicyclic) bond motifs is 1. The van der Waals surface area contributed by atoms with E-state index in [2.05, 4.69) is 5.10 Å². The van der Waals surface area contributed by atoms with Crippen molar-refractivity contribution in [1.82, 2.24) is 9.61 Å². The molecule has 1 N–H and O–H groups in total. The zero-order valence-electron chi connectivity index (χ0n) is 10.3. The summed E-state index contributed by atoms with van der Waals surface area (Å²) >= 11 is 0. The van der Waals surface area contributed by atoms with E-state index in [0.29, 0.717) is 11.3 Å². The molecule has 2 aromatic rings. The molecular formula is C13H16N2O2. The molecule has 0 aliphatic rings. The van der Waals surface area contributed by atoms with E-state index in [9.17, 15) is 9.90 Å². The van der Waals surface area contributed by atoms with Crippen LogP contribution in [0.3, 0.4) is 0 Å². The average molecular weight is 232 g/mol. The SMILES string of the molecule is CCc1cc2c(C(C)=O)ccc(C(C)O)n2n1. The van der Waals surface area contributed by atoms with Gasteiger partial charge in [0.1, 0.15) is 0 Å². The number of aliphatic hydroxyl groups excluding tert-OH is 1. The van der Waals surface area contributed by atoms with Crippen molar-refractivity contribution in [2.45, 2.75) is 33.3 Å². The smallest absolute Gasteiger partial charge is 0.161 e. The van der Waals surface area contributed by atoms with Crippen molar-refractivity contribution in [1.29, 1.82) is 0 Å². The van der Waals surface area contributed by atoms with Gasteiger partial charge < -0.3 is 5.11 Å². The molecule has 90 valence electrons. The fourth-order valence-electron chi connectivity index (χ4n) is 1.93. The van der Waals surface area contributed by atoms with Crippen LogP contribution in [0.25, 0.3) is 5.52 Å². The summed E-state index contributed by atoms with van der Waals surface area (Å²) in [6.45, 7) is 5.24. The maximum absolute atomic E-state index is 11.5. The molecule has 4 heteroatoms. The third-order valence-electron chi connectivity index (χ3n) is 2.87. The standard InChI is InChI=1S/C13H16N2O2/c1-4-10-7-13-11(8(2)16)5-6-12(9(3)17)15(13)14-10/h5-7,9,17H,4H2,1-3H3. The van der Waals surface area contributed by atoms with Crippen molar-refractivity contribution in [2.75, 3.05) is 0 Å². The van der Waals surface area contributed by atoms with Crippen LogP contribution in [0.4, 0.5) is 0 Å². The Hall–Kier alpha value is -1.68. The average Bonchev–Trinajstić information content (AvgIpc) is 2.70. The molecule has 0 radical (unpaired) electrons. The molecule has 0 saturated heterocycles. The highest BCUT2D eigenvalue weighted by atomic mass is 16.3. The molecule has 0 fully saturated rings. The molecular weight excluding hydrogens is 216 g/mol. The van der Waals surface area contributed by atoms with E-state index in [-0.39, 0.29) is 5.78 Å². The number of Topliss-reactive ketones (excluding diaryl/α,β-unsaturated/α-hetero) is 1. The van der Waals surface area contributed by atoms with Crippen molar-refractivity contribution in [2.24, 2.45) is 0 Å². The van der Waals surface area contributed by atoms with Crippen LogP contribution in [-0.2, 0) is 6.42 Å². The van der Waals surface area contributed by atoms with Gasteiger partial charge in [0.2, 0.25) is 0 Å². The lowest BCUT2D eigenvalue weighted by Gasteiger charge is -2.09. The third-order valence-corrected chi connectivity index (χ3v) is 2.87. The van der Waals surface area contributed by atoms with E-state index in [1.165, 1.54) is 6.92 Å². The quantitative estimate of drug-likeness (QED) is 0.825. The van der Waals surface area contributed by atoms with Gasteiger partial charge >= 0.3 is 0 Å². The fourth-order valence-corrected chi connectivity index (χ4v) is 1.93. The molecule has 0 saturated carbocycles. The van der Waals surface area contributed by atoms with Gasteiger partial charge in [-0.1, -0.05) is 6.92 Å². The number of aryl methyl sites for hydroxylation is 1. The number of pyridine rings is 1. The molecule has 0 spiro atoms. The van der Waals surface area contributed by atoms with Crippen LogP contribution in [0.5, 0.6) is 0 Å². The van der Waals surface area contributed by atoms with Gasteiger partial charge in [-0.05, 0) is 38.5 Å². The number of carbonyl (C=O) groups excluding carboxylic acids is 1. The number of nitrogens with zero attached hydrogens (tertiary/aromatic N) is 2. The van der Waals surface area contributed by atoms with E-state index in [4.69, 9.17) is 0 Å². The largest absolute Gasteiger partial charge is 0.387 e. The summed E-state index contributed by atoms with van der Waals surface area (Å²) in [5.74, 6) is 0.00898. The molecule has 1 atom stereocenters. The zero-order valence-corrected chi connectivity index (χ0v) is 10.3. The summed E-state index contributed by atoms with van der Waals surface area (Å²) in [6.07, 6.45) is 0.196. The van der Waals surface area contributed by atoms with Gasteiger partial charge in [0, 0.05) is 5.56 Å². The van der Waals surface area contributed by atoms with Gasteiger partial charge in [0.05, 0.1) is 23.0 Å². The Morgan fingerprint density at radius 1 is 1.53 bits per heavy atom. The maximum Gasteiger partial charge on any atom is 0.161 e. The molecule has 0 aromatic carbocycles. The number of aliphatic hydroxyl groups is 1. The molecule has 0 aliphatic carbocycles. The summed E-state index contributed by atoms with van der Waals surface area (Å²) in [6, 6.07) is 5.41. The summed E-state index contributed by atoms with van der Waals surface area (Å²) < 4.78 is 1.67. The molecule has 2 heterocycles.